The fourth-order valence-electron chi connectivity index (χ4n) is 2.12. The second kappa shape index (κ2) is 8.01. The molecule has 0 spiro atoms. The zero-order valence-corrected chi connectivity index (χ0v) is 15.5. The van der Waals surface area contributed by atoms with Crippen LogP contribution in [0, 0.1) is 6.92 Å². The van der Waals surface area contributed by atoms with Gasteiger partial charge in [-0.05, 0) is 37.3 Å². The van der Waals surface area contributed by atoms with E-state index in [1.54, 1.807) is 12.1 Å². The van der Waals surface area contributed by atoms with Crippen molar-refractivity contribution in [3.8, 4) is 0 Å². The lowest BCUT2D eigenvalue weighted by Gasteiger charge is -2.20. The van der Waals surface area contributed by atoms with Crippen LogP contribution in [0.25, 0.3) is 0 Å². The van der Waals surface area contributed by atoms with Gasteiger partial charge in [-0.2, -0.15) is 0 Å². The minimum absolute atomic E-state index is 0.0463. The van der Waals surface area contributed by atoms with Crippen molar-refractivity contribution in [2.75, 3.05) is 25.0 Å². The maximum Gasteiger partial charge on any atom is 0.338 e. The Labute approximate surface area is 152 Å². The molecule has 0 fully saturated rings. The largest absolute Gasteiger partial charge is 0.452 e. The lowest BCUT2D eigenvalue weighted by atomic mass is 10.2. The van der Waals surface area contributed by atoms with Crippen LogP contribution >= 0.6 is 0 Å². The second-order valence-electron chi connectivity index (χ2n) is 5.59. The van der Waals surface area contributed by atoms with Crippen LogP contribution in [-0.4, -0.2) is 41.0 Å². The molecule has 2 aromatic carbocycles. The number of rotatable bonds is 6. The summed E-state index contributed by atoms with van der Waals surface area (Å²) in [5.74, 6) is -1.23. The third-order valence-corrected chi connectivity index (χ3v) is 5.52. The van der Waals surface area contributed by atoms with Crippen LogP contribution in [0.3, 0.4) is 0 Å². The summed E-state index contributed by atoms with van der Waals surface area (Å²) in [6.07, 6.45) is 0. The van der Waals surface area contributed by atoms with E-state index in [-0.39, 0.29) is 10.5 Å². The molecule has 0 heterocycles. The van der Waals surface area contributed by atoms with Gasteiger partial charge in [0.15, 0.2) is 6.61 Å². The SMILES string of the molecule is CNC(=O)COC(=O)c1cccc(S(=O)(=O)N(C)c2ccc(C)cc2)c1. The number of anilines is 1. The Morgan fingerprint density at radius 2 is 1.77 bits per heavy atom. The van der Waals surface area contributed by atoms with Crippen molar-refractivity contribution >= 4 is 27.6 Å². The quantitative estimate of drug-likeness (QED) is 0.775. The van der Waals surface area contributed by atoms with E-state index in [4.69, 9.17) is 4.74 Å². The highest BCUT2D eigenvalue weighted by Gasteiger charge is 2.22. The Balaban J connectivity index is 2.26. The number of nitrogens with zero attached hydrogens (tertiary/aromatic N) is 1. The average molecular weight is 376 g/mol. The molecule has 0 unspecified atom stereocenters. The van der Waals surface area contributed by atoms with Crippen molar-refractivity contribution in [2.24, 2.45) is 0 Å². The number of hydrogen-bond acceptors (Lipinski definition) is 5. The maximum atomic E-state index is 12.8. The molecule has 0 aliphatic heterocycles. The second-order valence-corrected chi connectivity index (χ2v) is 7.55. The molecule has 2 aromatic rings. The van der Waals surface area contributed by atoms with Gasteiger partial charge >= 0.3 is 5.97 Å². The summed E-state index contributed by atoms with van der Waals surface area (Å²) >= 11 is 0. The molecule has 7 nitrogen and oxygen atoms in total. The van der Waals surface area contributed by atoms with Gasteiger partial charge in [-0.15, -0.1) is 0 Å². The highest BCUT2D eigenvalue weighted by Crippen LogP contribution is 2.23. The van der Waals surface area contributed by atoms with Crippen molar-refractivity contribution in [3.05, 3.63) is 59.7 Å². The number of ether oxygens (including phenoxy) is 1. The van der Waals surface area contributed by atoms with Crippen molar-refractivity contribution in [2.45, 2.75) is 11.8 Å². The number of benzene rings is 2. The van der Waals surface area contributed by atoms with Gasteiger partial charge in [-0.3, -0.25) is 9.10 Å². The maximum absolute atomic E-state index is 12.8. The Hall–Kier alpha value is -2.87. The molecule has 138 valence electrons. The third-order valence-electron chi connectivity index (χ3n) is 3.74. The first-order valence-electron chi connectivity index (χ1n) is 7.79. The monoisotopic (exact) mass is 376 g/mol. The van der Waals surface area contributed by atoms with Crippen LogP contribution in [0.4, 0.5) is 5.69 Å². The van der Waals surface area contributed by atoms with Gasteiger partial charge in [0, 0.05) is 14.1 Å². The molecule has 0 aromatic heterocycles. The van der Waals surface area contributed by atoms with Gasteiger partial charge < -0.3 is 10.1 Å². The zero-order valence-electron chi connectivity index (χ0n) is 14.7. The van der Waals surface area contributed by atoms with Crippen LogP contribution < -0.4 is 9.62 Å². The van der Waals surface area contributed by atoms with Crippen LogP contribution in [0.1, 0.15) is 15.9 Å². The average Bonchev–Trinajstić information content (AvgIpc) is 2.65. The molecule has 1 amide bonds. The first kappa shape index (κ1) is 19.5. The Morgan fingerprint density at radius 3 is 2.38 bits per heavy atom. The summed E-state index contributed by atoms with van der Waals surface area (Å²) in [7, 11) is -0.989. The van der Waals surface area contributed by atoms with Crippen molar-refractivity contribution in [1.29, 1.82) is 0 Å². The minimum Gasteiger partial charge on any atom is -0.452 e. The molecule has 2 rings (SSSR count). The number of amides is 1. The number of carbonyl (C=O) groups excluding carboxylic acids is 2. The molecule has 0 radical (unpaired) electrons. The fourth-order valence-corrected chi connectivity index (χ4v) is 3.36. The van der Waals surface area contributed by atoms with E-state index in [1.807, 2.05) is 19.1 Å². The molecular weight excluding hydrogens is 356 g/mol. The third kappa shape index (κ3) is 4.40. The van der Waals surface area contributed by atoms with Gasteiger partial charge in [-0.1, -0.05) is 23.8 Å². The highest BCUT2D eigenvalue weighted by atomic mass is 32.2. The number of sulfonamides is 1. The highest BCUT2D eigenvalue weighted by molar-refractivity contribution is 7.92. The first-order valence-corrected chi connectivity index (χ1v) is 9.23. The molecule has 0 atom stereocenters. The van der Waals surface area contributed by atoms with E-state index in [9.17, 15) is 18.0 Å². The van der Waals surface area contributed by atoms with Gasteiger partial charge in [0.25, 0.3) is 15.9 Å². The van der Waals surface area contributed by atoms with Gasteiger partial charge in [0.2, 0.25) is 0 Å². The number of carbonyl (C=O) groups is 2. The molecule has 0 bridgehead atoms. The molecule has 0 saturated heterocycles. The molecular formula is C18H20N2O5S. The summed E-state index contributed by atoms with van der Waals surface area (Å²) in [6, 6.07) is 12.5. The lowest BCUT2D eigenvalue weighted by Crippen LogP contribution is -2.27. The van der Waals surface area contributed by atoms with E-state index in [2.05, 4.69) is 5.32 Å². The van der Waals surface area contributed by atoms with Gasteiger partial charge in [0.05, 0.1) is 16.1 Å². The minimum atomic E-state index is -3.85. The van der Waals surface area contributed by atoms with E-state index in [1.165, 1.54) is 38.4 Å². The van der Waals surface area contributed by atoms with E-state index >= 15 is 0 Å². The predicted octanol–water partition coefficient (Wildman–Crippen LogP) is 1.72. The summed E-state index contributed by atoms with van der Waals surface area (Å²) in [5.41, 5.74) is 1.57. The molecule has 26 heavy (non-hydrogen) atoms. The first-order chi connectivity index (χ1) is 12.3. The normalized spacial score (nSPS) is 10.9. The number of nitrogens with one attached hydrogen (secondary N) is 1. The van der Waals surface area contributed by atoms with Crippen LogP contribution in [0.5, 0.6) is 0 Å². The molecule has 0 aliphatic carbocycles. The van der Waals surface area contributed by atoms with Crippen molar-refractivity contribution in [1.82, 2.24) is 5.32 Å². The Kier molecular flexibility index (Phi) is 5.99. The number of esters is 1. The van der Waals surface area contributed by atoms with Crippen LogP contribution in [0.15, 0.2) is 53.4 Å². The van der Waals surface area contributed by atoms with E-state index in [0.29, 0.717) is 5.69 Å². The molecule has 0 saturated carbocycles. The Bertz CT molecular complexity index is 907. The smallest absolute Gasteiger partial charge is 0.338 e. The zero-order chi connectivity index (χ0) is 19.3. The van der Waals surface area contributed by atoms with Crippen molar-refractivity contribution < 1.29 is 22.7 Å². The number of likely N-dealkylation sites (N-methyl/N-ethyl adjacent to an activating group) is 1. The van der Waals surface area contributed by atoms with Gasteiger partial charge in [0.1, 0.15) is 0 Å². The van der Waals surface area contributed by atoms with Crippen molar-refractivity contribution in [3.63, 3.8) is 0 Å². The fraction of sp³-hybridized carbons (Fsp3) is 0.222. The standard InChI is InChI=1S/C18H20N2O5S/c1-13-7-9-15(10-8-13)20(3)26(23,24)16-6-4-5-14(11-16)18(22)25-12-17(21)19-2/h4-11H,12H2,1-3H3,(H,19,21). The van der Waals surface area contributed by atoms with Crippen LogP contribution in [0.2, 0.25) is 0 Å². The van der Waals surface area contributed by atoms with Gasteiger partial charge in [-0.25, -0.2) is 13.2 Å². The topological polar surface area (TPSA) is 92.8 Å². The lowest BCUT2D eigenvalue weighted by molar-refractivity contribution is -0.123. The molecule has 8 heteroatoms. The Morgan fingerprint density at radius 1 is 1.12 bits per heavy atom. The van der Waals surface area contributed by atoms with Crippen LogP contribution in [-0.2, 0) is 19.6 Å². The molecule has 1 N–H and O–H groups in total. The molecule has 0 aliphatic rings. The predicted molar refractivity (Wildman–Crippen MR) is 97.6 cm³/mol. The van der Waals surface area contributed by atoms with E-state index < -0.39 is 28.5 Å². The summed E-state index contributed by atoms with van der Waals surface area (Å²) in [6.45, 7) is 1.47. The summed E-state index contributed by atoms with van der Waals surface area (Å²) < 4.78 is 31.6. The number of aryl methyl sites for hydroxylation is 1. The van der Waals surface area contributed by atoms with E-state index in [0.717, 1.165) is 9.87 Å². The summed E-state index contributed by atoms with van der Waals surface area (Å²) in [4.78, 5) is 23.1. The summed E-state index contributed by atoms with van der Waals surface area (Å²) in [5, 5.41) is 2.33. The number of hydrogen-bond donors (Lipinski definition) is 1.